The van der Waals surface area contributed by atoms with Crippen LogP contribution in [0.2, 0.25) is 0 Å². The first kappa shape index (κ1) is 25.9. The number of aliphatic hydroxyl groups is 1. The van der Waals surface area contributed by atoms with Gasteiger partial charge in [-0.3, -0.25) is 9.59 Å². The molecule has 2 unspecified atom stereocenters. The molecular formula is C29H34O4S2. The van der Waals surface area contributed by atoms with Gasteiger partial charge in [0.05, 0.1) is 10.8 Å². The summed E-state index contributed by atoms with van der Waals surface area (Å²) in [7, 11) is 0. The summed E-state index contributed by atoms with van der Waals surface area (Å²) in [5.74, 6) is -0.502. The molecule has 2 heterocycles. The van der Waals surface area contributed by atoms with Gasteiger partial charge in [0.25, 0.3) is 0 Å². The van der Waals surface area contributed by atoms with E-state index in [2.05, 4.69) is 32.9 Å². The Bertz CT molecular complexity index is 1220. The lowest BCUT2D eigenvalue weighted by molar-refractivity contribution is -0.176. The van der Waals surface area contributed by atoms with Gasteiger partial charge in [-0.2, -0.15) is 0 Å². The number of hydrogen-bond acceptors (Lipinski definition) is 6. The van der Waals surface area contributed by atoms with Crippen molar-refractivity contribution in [3.05, 3.63) is 65.2 Å². The average Bonchev–Trinajstić information content (AvgIpc) is 3.18. The van der Waals surface area contributed by atoms with Gasteiger partial charge in [-0.15, -0.1) is 11.3 Å². The summed E-state index contributed by atoms with van der Waals surface area (Å²) in [6.07, 6.45) is 1.40. The van der Waals surface area contributed by atoms with Crippen molar-refractivity contribution >= 4 is 44.9 Å². The molecule has 0 bridgehead atoms. The molecule has 1 fully saturated rings. The Balaban J connectivity index is 1.58. The average molecular weight is 511 g/mol. The normalized spacial score (nSPS) is 21.1. The van der Waals surface area contributed by atoms with Crippen LogP contribution in [0.3, 0.4) is 0 Å². The van der Waals surface area contributed by atoms with E-state index in [1.807, 2.05) is 50.2 Å². The number of aryl methyl sites for hydroxylation is 1. The number of thiophene rings is 1. The van der Waals surface area contributed by atoms with E-state index < -0.39 is 16.8 Å². The zero-order chi connectivity index (χ0) is 25.4. The summed E-state index contributed by atoms with van der Waals surface area (Å²) >= 11 is 3.00. The van der Waals surface area contributed by atoms with Crippen LogP contribution < -0.4 is 0 Å². The van der Waals surface area contributed by atoms with Crippen molar-refractivity contribution in [3.63, 3.8) is 0 Å². The predicted octanol–water partition coefficient (Wildman–Crippen LogP) is 6.70. The van der Waals surface area contributed by atoms with Crippen LogP contribution in [-0.4, -0.2) is 27.7 Å². The van der Waals surface area contributed by atoms with Gasteiger partial charge in [0.2, 0.25) is 0 Å². The fraction of sp³-hybridized carbons (Fsp3) is 0.448. The van der Waals surface area contributed by atoms with E-state index >= 15 is 0 Å². The molecule has 0 radical (unpaired) electrons. The zero-order valence-electron chi connectivity index (χ0n) is 21.1. The van der Waals surface area contributed by atoms with Crippen molar-refractivity contribution in [2.24, 2.45) is 5.92 Å². The van der Waals surface area contributed by atoms with E-state index in [1.165, 1.54) is 22.7 Å². The monoisotopic (exact) mass is 510 g/mol. The highest BCUT2D eigenvalue weighted by molar-refractivity contribution is 8.03. The maximum atomic E-state index is 13.5. The first-order valence-electron chi connectivity index (χ1n) is 12.2. The predicted molar refractivity (Wildman–Crippen MR) is 144 cm³/mol. The van der Waals surface area contributed by atoms with Crippen LogP contribution in [0.25, 0.3) is 10.1 Å². The van der Waals surface area contributed by atoms with E-state index in [-0.39, 0.29) is 30.1 Å². The van der Waals surface area contributed by atoms with Crippen LogP contribution in [0.15, 0.2) is 52.7 Å². The number of Topliss-reactive ketones (excluding diaryl/α,β-unsaturated/α-hetero) is 1. The third-order valence-electron chi connectivity index (χ3n) is 6.98. The Morgan fingerprint density at radius 3 is 2.37 bits per heavy atom. The summed E-state index contributed by atoms with van der Waals surface area (Å²) in [4.78, 5) is 26.8. The van der Waals surface area contributed by atoms with Crippen LogP contribution in [0.4, 0.5) is 0 Å². The molecule has 1 aliphatic heterocycles. The van der Waals surface area contributed by atoms with Gasteiger partial charge in [-0.05, 0) is 52.3 Å². The number of fused-ring (bicyclic) bond motifs is 1. The van der Waals surface area contributed by atoms with Crippen LogP contribution in [-0.2, 0) is 32.8 Å². The third kappa shape index (κ3) is 5.20. The molecule has 35 heavy (non-hydrogen) atoms. The number of thioether (sulfide) groups is 1. The van der Waals surface area contributed by atoms with E-state index in [9.17, 15) is 14.7 Å². The standard InChI is InChI=1S/C29H34O4S2/c1-18(2)29(15-14-19-10-6-7-11-20(19)17-30)16-22(31)25(26(32)33-29)35-27-24(28(3,4)5)21-12-8-9-13-23(21)34-27/h6-13,18,25,30H,14-17H2,1-5H3. The van der Waals surface area contributed by atoms with Gasteiger partial charge < -0.3 is 9.84 Å². The fourth-order valence-corrected chi connectivity index (χ4v) is 7.90. The molecule has 0 spiro atoms. The fourth-order valence-electron chi connectivity index (χ4n) is 4.90. The Labute approximate surface area is 216 Å². The first-order valence-corrected chi connectivity index (χ1v) is 13.9. The number of carbonyl (C=O) groups is 2. The third-order valence-corrected chi connectivity index (χ3v) is 9.59. The number of aliphatic hydroxyl groups excluding tert-OH is 1. The molecule has 0 aliphatic carbocycles. The minimum Gasteiger partial charge on any atom is -0.457 e. The van der Waals surface area contributed by atoms with Crippen LogP contribution >= 0.6 is 23.1 Å². The molecule has 186 valence electrons. The highest BCUT2D eigenvalue weighted by Crippen LogP contribution is 2.47. The molecule has 3 aromatic rings. The summed E-state index contributed by atoms with van der Waals surface area (Å²) in [5.41, 5.74) is 2.12. The lowest BCUT2D eigenvalue weighted by Crippen LogP contribution is -2.52. The minimum atomic E-state index is -0.847. The molecule has 2 aromatic carbocycles. The Morgan fingerprint density at radius 2 is 1.74 bits per heavy atom. The Kier molecular flexibility index (Phi) is 7.46. The Hall–Kier alpha value is -2.15. The van der Waals surface area contributed by atoms with E-state index in [0.717, 1.165) is 20.0 Å². The van der Waals surface area contributed by atoms with Gasteiger partial charge >= 0.3 is 5.97 Å². The van der Waals surface area contributed by atoms with Crippen LogP contribution in [0.5, 0.6) is 0 Å². The van der Waals surface area contributed by atoms with Crippen molar-refractivity contribution in [3.8, 4) is 0 Å². The Morgan fingerprint density at radius 1 is 1.09 bits per heavy atom. The summed E-state index contributed by atoms with van der Waals surface area (Å²) in [6, 6.07) is 16.0. The molecule has 0 saturated carbocycles. The largest absolute Gasteiger partial charge is 0.457 e. The molecule has 1 N–H and O–H groups in total. The smallest absolute Gasteiger partial charge is 0.327 e. The summed E-state index contributed by atoms with van der Waals surface area (Å²) in [5, 5.41) is 10.0. The van der Waals surface area contributed by atoms with Crippen molar-refractivity contribution in [1.82, 2.24) is 0 Å². The molecule has 1 saturated heterocycles. The topological polar surface area (TPSA) is 63.6 Å². The van der Waals surface area contributed by atoms with E-state index in [1.54, 1.807) is 11.3 Å². The molecule has 4 nitrogen and oxygen atoms in total. The lowest BCUT2D eigenvalue weighted by atomic mass is 9.78. The second-order valence-corrected chi connectivity index (χ2v) is 13.1. The maximum absolute atomic E-state index is 13.5. The number of carbonyl (C=O) groups excluding carboxylic acids is 2. The number of ether oxygens (including phenoxy) is 1. The van der Waals surface area contributed by atoms with Gasteiger partial charge in [-0.1, -0.05) is 88.8 Å². The van der Waals surface area contributed by atoms with Crippen molar-refractivity contribution < 1.29 is 19.4 Å². The lowest BCUT2D eigenvalue weighted by Gasteiger charge is -2.41. The highest BCUT2D eigenvalue weighted by Gasteiger charge is 2.49. The summed E-state index contributed by atoms with van der Waals surface area (Å²) < 4.78 is 8.33. The highest BCUT2D eigenvalue weighted by atomic mass is 32.2. The number of rotatable bonds is 7. The van der Waals surface area contributed by atoms with Gasteiger partial charge in [0.15, 0.2) is 11.0 Å². The number of hydrogen-bond donors (Lipinski definition) is 1. The molecular weight excluding hydrogens is 476 g/mol. The van der Waals surface area contributed by atoms with Crippen molar-refractivity contribution in [2.45, 2.75) is 81.0 Å². The molecule has 2 atom stereocenters. The molecule has 1 aliphatic rings. The van der Waals surface area contributed by atoms with Gasteiger partial charge in [0.1, 0.15) is 5.60 Å². The number of benzene rings is 2. The van der Waals surface area contributed by atoms with Crippen LogP contribution in [0, 0.1) is 5.92 Å². The number of esters is 1. The van der Waals surface area contributed by atoms with E-state index in [0.29, 0.717) is 12.8 Å². The number of ketones is 1. The minimum absolute atomic E-state index is 0.00268. The zero-order valence-corrected chi connectivity index (χ0v) is 22.7. The molecule has 6 heteroatoms. The maximum Gasteiger partial charge on any atom is 0.327 e. The van der Waals surface area contributed by atoms with Crippen LogP contribution in [0.1, 0.15) is 64.2 Å². The second-order valence-electron chi connectivity index (χ2n) is 10.7. The second kappa shape index (κ2) is 10.1. The molecule has 4 rings (SSSR count). The van der Waals surface area contributed by atoms with Crippen molar-refractivity contribution in [2.75, 3.05) is 0 Å². The SMILES string of the molecule is CC(C)C1(CCc2ccccc2CO)CC(=O)C(Sc2sc3ccccc3c2C(C)(C)C)C(=O)O1. The molecule has 1 aromatic heterocycles. The first-order chi connectivity index (χ1) is 16.6. The van der Waals surface area contributed by atoms with E-state index in [4.69, 9.17) is 4.74 Å². The molecule has 0 amide bonds. The summed E-state index contributed by atoms with van der Waals surface area (Å²) in [6.45, 7) is 10.5. The van der Waals surface area contributed by atoms with Crippen molar-refractivity contribution in [1.29, 1.82) is 0 Å². The quantitative estimate of drug-likeness (QED) is 0.283. The number of cyclic esters (lactones) is 1. The van der Waals surface area contributed by atoms with Gasteiger partial charge in [0, 0.05) is 11.1 Å². The van der Waals surface area contributed by atoms with Gasteiger partial charge in [-0.25, -0.2) is 0 Å².